The molecular weight excluding hydrogens is 218 g/mol. The van der Waals surface area contributed by atoms with Gasteiger partial charge in [-0.2, -0.15) is 0 Å². The van der Waals surface area contributed by atoms with Crippen LogP contribution in [0, 0.1) is 0 Å². The molecule has 1 aliphatic rings. The van der Waals surface area contributed by atoms with Gasteiger partial charge < -0.3 is 19.9 Å². The van der Waals surface area contributed by atoms with Gasteiger partial charge in [-0.1, -0.05) is 19.8 Å². The Morgan fingerprint density at radius 3 is 2.59 bits per heavy atom. The third-order valence-corrected chi connectivity index (χ3v) is 3.33. The van der Waals surface area contributed by atoms with E-state index >= 15 is 0 Å². The molecule has 0 aromatic carbocycles. The number of methoxy groups -OCH3 is 1. The molecule has 2 unspecified atom stereocenters. The molecule has 4 heteroatoms. The summed E-state index contributed by atoms with van der Waals surface area (Å²) >= 11 is 0. The molecule has 0 heterocycles. The number of aliphatic hydroxyl groups excluding tert-OH is 1. The van der Waals surface area contributed by atoms with E-state index in [1.165, 1.54) is 12.8 Å². The second kappa shape index (κ2) is 8.86. The smallest absolute Gasteiger partial charge is 0.0897 e. The summed E-state index contributed by atoms with van der Waals surface area (Å²) in [5.41, 5.74) is 0. The highest BCUT2D eigenvalue weighted by Gasteiger charge is 2.17. The van der Waals surface area contributed by atoms with Gasteiger partial charge in [0, 0.05) is 19.7 Å². The van der Waals surface area contributed by atoms with Crippen LogP contribution in [-0.2, 0) is 9.47 Å². The van der Waals surface area contributed by atoms with E-state index in [-0.39, 0.29) is 0 Å². The highest BCUT2D eigenvalue weighted by molar-refractivity contribution is 4.70. The van der Waals surface area contributed by atoms with Crippen LogP contribution in [0.2, 0.25) is 0 Å². The van der Waals surface area contributed by atoms with Crippen LogP contribution in [0.3, 0.4) is 0 Å². The molecule has 4 nitrogen and oxygen atoms in total. The van der Waals surface area contributed by atoms with Crippen molar-refractivity contribution in [2.75, 3.05) is 26.9 Å². The molecule has 0 saturated heterocycles. The standard InChI is InChI=1S/C13H27NO3/c1-3-11(9-16-2)14-8-12(15)10-17-13-6-4-5-7-13/h11-15H,3-10H2,1-2H3. The lowest BCUT2D eigenvalue weighted by atomic mass is 10.2. The molecular formula is C13H27NO3. The highest BCUT2D eigenvalue weighted by Crippen LogP contribution is 2.20. The predicted molar refractivity (Wildman–Crippen MR) is 68.2 cm³/mol. The Bertz CT molecular complexity index is 184. The first-order chi connectivity index (χ1) is 8.26. The van der Waals surface area contributed by atoms with Gasteiger partial charge in [-0.3, -0.25) is 0 Å². The fraction of sp³-hybridized carbons (Fsp3) is 1.00. The molecule has 2 N–H and O–H groups in total. The molecule has 0 amide bonds. The van der Waals surface area contributed by atoms with Gasteiger partial charge in [-0.25, -0.2) is 0 Å². The third-order valence-electron chi connectivity index (χ3n) is 3.33. The third kappa shape index (κ3) is 6.36. The molecule has 0 aliphatic heterocycles. The number of hydrogen-bond donors (Lipinski definition) is 2. The Morgan fingerprint density at radius 2 is 2.00 bits per heavy atom. The van der Waals surface area contributed by atoms with Gasteiger partial charge in [0.2, 0.25) is 0 Å². The number of aliphatic hydroxyl groups is 1. The first-order valence-corrected chi connectivity index (χ1v) is 6.78. The fourth-order valence-electron chi connectivity index (χ4n) is 2.19. The molecule has 0 aromatic heterocycles. The number of ether oxygens (including phenoxy) is 2. The molecule has 0 aromatic rings. The maximum absolute atomic E-state index is 9.79. The zero-order chi connectivity index (χ0) is 12.5. The van der Waals surface area contributed by atoms with Gasteiger partial charge in [0.1, 0.15) is 0 Å². The summed E-state index contributed by atoms with van der Waals surface area (Å²) in [6, 6.07) is 0.320. The Labute approximate surface area is 105 Å². The Morgan fingerprint density at radius 1 is 1.29 bits per heavy atom. The fourth-order valence-corrected chi connectivity index (χ4v) is 2.19. The molecule has 1 aliphatic carbocycles. The van der Waals surface area contributed by atoms with Crippen LogP contribution < -0.4 is 5.32 Å². The summed E-state index contributed by atoms with van der Waals surface area (Å²) in [4.78, 5) is 0. The number of rotatable bonds is 9. The topological polar surface area (TPSA) is 50.7 Å². The van der Waals surface area contributed by atoms with E-state index in [1.807, 2.05) is 0 Å². The molecule has 1 saturated carbocycles. The zero-order valence-corrected chi connectivity index (χ0v) is 11.2. The van der Waals surface area contributed by atoms with Crippen LogP contribution in [0.1, 0.15) is 39.0 Å². The minimum absolute atomic E-state index is 0.320. The van der Waals surface area contributed by atoms with E-state index in [0.717, 1.165) is 19.3 Å². The maximum Gasteiger partial charge on any atom is 0.0897 e. The van der Waals surface area contributed by atoms with Gasteiger partial charge in [0.05, 0.1) is 25.4 Å². The average Bonchev–Trinajstić information content (AvgIpc) is 2.85. The first kappa shape index (κ1) is 14.9. The molecule has 1 rings (SSSR count). The summed E-state index contributed by atoms with van der Waals surface area (Å²) in [6.07, 6.45) is 5.81. The molecule has 0 radical (unpaired) electrons. The van der Waals surface area contributed by atoms with Crippen LogP contribution in [0.5, 0.6) is 0 Å². The van der Waals surface area contributed by atoms with E-state index in [9.17, 15) is 5.11 Å². The van der Waals surface area contributed by atoms with E-state index in [0.29, 0.717) is 31.9 Å². The van der Waals surface area contributed by atoms with Crippen molar-refractivity contribution in [3.8, 4) is 0 Å². The molecule has 0 spiro atoms. The Hall–Kier alpha value is -0.160. The van der Waals surface area contributed by atoms with Crippen molar-refractivity contribution in [3.63, 3.8) is 0 Å². The summed E-state index contributed by atoms with van der Waals surface area (Å²) in [7, 11) is 1.70. The first-order valence-electron chi connectivity index (χ1n) is 6.78. The SMILES string of the molecule is CCC(COC)NCC(O)COC1CCCC1. The monoisotopic (exact) mass is 245 g/mol. The molecule has 17 heavy (non-hydrogen) atoms. The number of nitrogens with one attached hydrogen (secondary N) is 1. The molecule has 102 valence electrons. The van der Waals surface area contributed by atoms with Gasteiger partial charge in [0.15, 0.2) is 0 Å². The van der Waals surface area contributed by atoms with Crippen LogP contribution >= 0.6 is 0 Å². The lowest BCUT2D eigenvalue weighted by Gasteiger charge is -2.20. The van der Waals surface area contributed by atoms with E-state index in [2.05, 4.69) is 12.2 Å². The van der Waals surface area contributed by atoms with E-state index < -0.39 is 6.10 Å². The van der Waals surface area contributed by atoms with Crippen molar-refractivity contribution in [1.82, 2.24) is 5.32 Å². The van der Waals surface area contributed by atoms with Crippen LogP contribution in [-0.4, -0.2) is 50.2 Å². The van der Waals surface area contributed by atoms with Crippen molar-refractivity contribution >= 4 is 0 Å². The highest BCUT2D eigenvalue weighted by atomic mass is 16.5. The minimum Gasteiger partial charge on any atom is -0.389 e. The molecule has 0 bridgehead atoms. The Kier molecular flexibility index (Phi) is 7.77. The van der Waals surface area contributed by atoms with Crippen LogP contribution in [0.15, 0.2) is 0 Å². The van der Waals surface area contributed by atoms with E-state index in [1.54, 1.807) is 7.11 Å². The average molecular weight is 245 g/mol. The van der Waals surface area contributed by atoms with Gasteiger partial charge >= 0.3 is 0 Å². The quantitative estimate of drug-likeness (QED) is 0.643. The van der Waals surface area contributed by atoms with Crippen molar-refractivity contribution < 1.29 is 14.6 Å². The van der Waals surface area contributed by atoms with Gasteiger partial charge in [-0.05, 0) is 19.3 Å². The van der Waals surface area contributed by atoms with Crippen molar-refractivity contribution in [3.05, 3.63) is 0 Å². The lowest BCUT2D eigenvalue weighted by molar-refractivity contribution is -0.00713. The van der Waals surface area contributed by atoms with Crippen molar-refractivity contribution in [2.24, 2.45) is 0 Å². The van der Waals surface area contributed by atoms with Crippen molar-refractivity contribution in [1.29, 1.82) is 0 Å². The molecule has 2 atom stereocenters. The minimum atomic E-state index is -0.415. The predicted octanol–water partition coefficient (Wildman–Crippen LogP) is 1.32. The van der Waals surface area contributed by atoms with Crippen molar-refractivity contribution in [2.45, 2.75) is 57.3 Å². The lowest BCUT2D eigenvalue weighted by Crippen LogP contribution is -2.39. The van der Waals surface area contributed by atoms with E-state index in [4.69, 9.17) is 9.47 Å². The second-order valence-electron chi connectivity index (χ2n) is 4.86. The molecule has 1 fully saturated rings. The summed E-state index contributed by atoms with van der Waals surface area (Å²) in [5.74, 6) is 0. The number of hydrogen-bond acceptors (Lipinski definition) is 4. The largest absolute Gasteiger partial charge is 0.389 e. The maximum atomic E-state index is 9.79. The Balaban J connectivity index is 2.04. The van der Waals surface area contributed by atoms with Gasteiger partial charge in [-0.15, -0.1) is 0 Å². The van der Waals surface area contributed by atoms with Crippen LogP contribution in [0.25, 0.3) is 0 Å². The zero-order valence-electron chi connectivity index (χ0n) is 11.2. The summed E-state index contributed by atoms with van der Waals surface area (Å²) in [5, 5.41) is 13.1. The van der Waals surface area contributed by atoms with Crippen LogP contribution in [0.4, 0.5) is 0 Å². The second-order valence-corrected chi connectivity index (χ2v) is 4.86. The summed E-state index contributed by atoms with van der Waals surface area (Å²) < 4.78 is 10.8. The summed E-state index contributed by atoms with van der Waals surface area (Å²) in [6.45, 7) is 3.82. The normalized spacial score (nSPS) is 20.6. The van der Waals surface area contributed by atoms with Gasteiger partial charge in [0.25, 0.3) is 0 Å².